The average Bonchev–Trinajstić information content (AvgIpc) is 2.70. The van der Waals surface area contributed by atoms with Crippen LogP contribution in [0.3, 0.4) is 0 Å². The summed E-state index contributed by atoms with van der Waals surface area (Å²) in [6, 6.07) is 12.9. The molecular weight excluding hydrogens is 344 g/mol. The maximum Gasteiger partial charge on any atom is 0.284 e. The van der Waals surface area contributed by atoms with Crippen LogP contribution in [0.25, 0.3) is 11.0 Å². The Bertz CT molecular complexity index is 1040. The van der Waals surface area contributed by atoms with Crippen LogP contribution in [-0.4, -0.2) is 58.9 Å². The minimum absolute atomic E-state index is 0.0549. The quantitative estimate of drug-likeness (QED) is 0.519. The van der Waals surface area contributed by atoms with Crippen LogP contribution in [0.1, 0.15) is 10.4 Å². The van der Waals surface area contributed by atoms with Gasteiger partial charge in [-0.3, -0.25) is 4.79 Å². The maximum absolute atomic E-state index is 13.0. The second kappa shape index (κ2) is 6.21. The van der Waals surface area contributed by atoms with Gasteiger partial charge in [0, 0.05) is 26.2 Å². The zero-order valence-electron chi connectivity index (χ0n) is 14.9. The molecule has 3 aromatic rings. The third-order valence-electron chi connectivity index (χ3n) is 4.91. The summed E-state index contributed by atoms with van der Waals surface area (Å²) in [7, 11) is 2.06. The van der Waals surface area contributed by atoms with Crippen LogP contribution in [0.2, 0.25) is 0 Å². The topological polar surface area (TPSA) is 67.8 Å². The molecule has 1 saturated heterocycles. The van der Waals surface area contributed by atoms with E-state index in [2.05, 4.69) is 21.9 Å². The summed E-state index contributed by atoms with van der Waals surface area (Å²) < 4.78 is 11.9. The number of benzene rings is 2. The van der Waals surface area contributed by atoms with Crippen molar-refractivity contribution in [3.63, 3.8) is 0 Å². The van der Waals surface area contributed by atoms with Crippen molar-refractivity contribution in [1.29, 1.82) is 0 Å². The van der Waals surface area contributed by atoms with E-state index >= 15 is 0 Å². The fourth-order valence-corrected chi connectivity index (χ4v) is 3.35. The van der Waals surface area contributed by atoms with Crippen molar-refractivity contribution in [3.05, 3.63) is 48.0 Å². The van der Waals surface area contributed by atoms with Gasteiger partial charge in [-0.15, -0.1) is 0 Å². The Morgan fingerprint density at radius 1 is 0.889 bits per heavy atom. The number of fused-ring (bicyclic) bond motifs is 3. The molecule has 2 aliphatic heterocycles. The second-order valence-corrected chi connectivity index (χ2v) is 6.76. The monoisotopic (exact) mass is 362 g/mol. The highest BCUT2D eigenvalue weighted by atomic mass is 16.6. The maximum atomic E-state index is 13.0. The highest BCUT2D eigenvalue weighted by molar-refractivity contribution is 5.98. The molecule has 0 aliphatic carbocycles. The normalized spacial score (nSPS) is 16.3. The van der Waals surface area contributed by atoms with Crippen LogP contribution in [0.4, 0.5) is 0 Å². The van der Waals surface area contributed by atoms with Crippen molar-refractivity contribution >= 4 is 16.9 Å². The van der Waals surface area contributed by atoms with E-state index < -0.39 is 0 Å². The molecule has 2 aromatic carbocycles. The smallest absolute Gasteiger partial charge is 0.284 e. The molecule has 0 N–H and O–H groups in total. The molecule has 7 heteroatoms. The first-order valence-electron chi connectivity index (χ1n) is 8.92. The third kappa shape index (κ3) is 2.76. The standard InChI is InChI=1S/C20H18N4O3/c1-23-9-11-24(12-10-23)20(25)13-5-4-8-16-17(13)27-19-18(26-16)21-14-6-2-3-7-15(14)22-19/h2-8H,9-12H2,1H3. The highest BCUT2D eigenvalue weighted by Crippen LogP contribution is 2.45. The number of likely N-dealkylation sites (N-methyl/N-ethyl adjacent to an activating group) is 1. The molecule has 0 radical (unpaired) electrons. The number of ether oxygens (including phenoxy) is 2. The van der Waals surface area contributed by atoms with E-state index in [1.807, 2.05) is 29.2 Å². The number of hydrogen-bond acceptors (Lipinski definition) is 6. The van der Waals surface area contributed by atoms with Crippen molar-refractivity contribution in [1.82, 2.24) is 19.8 Å². The predicted molar refractivity (Wildman–Crippen MR) is 99.5 cm³/mol. The van der Waals surface area contributed by atoms with Gasteiger partial charge >= 0.3 is 0 Å². The summed E-state index contributed by atoms with van der Waals surface area (Å²) in [5.41, 5.74) is 1.93. The Kier molecular flexibility index (Phi) is 3.68. The molecule has 0 unspecified atom stereocenters. The van der Waals surface area contributed by atoms with Crippen LogP contribution in [-0.2, 0) is 0 Å². The van der Waals surface area contributed by atoms with Gasteiger partial charge in [0.15, 0.2) is 11.5 Å². The molecule has 1 aromatic heterocycles. The van der Waals surface area contributed by atoms with Crippen LogP contribution >= 0.6 is 0 Å². The van der Waals surface area contributed by atoms with E-state index in [1.54, 1.807) is 18.2 Å². The Labute approximate surface area is 156 Å². The molecule has 0 spiro atoms. The number of nitrogens with zero attached hydrogens (tertiary/aromatic N) is 4. The summed E-state index contributed by atoms with van der Waals surface area (Å²) in [6.07, 6.45) is 0. The number of aromatic nitrogens is 2. The van der Waals surface area contributed by atoms with E-state index in [-0.39, 0.29) is 11.8 Å². The van der Waals surface area contributed by atoms with Crippen molar-refractivity contribution < 1.29 is 14.3 Å². The van der Waals surface area contributed by atoms with Gasteiger partial charge in [0.05, 0.1) is 16.6 Å². The number of hydrogen-bond donors (Lipinski definition) is 0. The fourth-order valence-electron chi connectivity index (χ4n) is 3.35. The molecule has 5 rings (SSSR count). The first-order chi connectivity index (χ1) is 13.2. The highest BCUT2D eigenvalue weighted by Gasteiger charge is 2.30. The summed E-state index contributed by atoms with van der Waals surface area (Å²) in [5.74, 6) is 1.41. The Morgan fingerprint density at radius 3 is 2.26 bits per heavy atom. The molecule has 27 heavy (non-hydrogen) atoms. The minimum atomic E-state index is -0.0549. The van der Waals surface area contributed by atoms with Gasteiger partial charge in [-0.05, 0) is 31.3 Å². The predicted octanol–water partition coefficient (Wildman–Crippen LogP) is 2.92. The molecule has 2 aliphatic rings. The van der Waals surface area contributed by atoms with Gasteiger partial charge in [0.25, 0.3) is 17.7 Å². The zero-order chi connectivity index (χ0) is 18.4. The molecule has 0 atom stereocenters. The molecular formula is C20H18N4O3. The first-order valence-corrected chi connectivity index (χ1v) is 8.92. The van der Waals surface area contributed by atoms with Crippen molar-refractivity contribution in [2.45, 2.75) is 0 Å². The van der Waals surface area contributed by atoms with E-state index in [0.29, 0.717) is 41.5 Å². The largest absolute Gasteiger partial charge is 0.431 e. The van der Waals surface area contributed by atoms with Crippen LogP contribution in [0, 0.1) is 0 Å². The molecule has 7 nitrogen and oxygen atoms in total. The number of para-hydroxylation sites is 3. The van der Waals surface area contributed by atoms with Gasteiger partial charge in [0.1, 0.15) is 0 Å². The Morgan fingerprint density at radius 2 is 1.56 bits per heavy atom. The number of amides is 1. The summed E-state index contributed by atoms with van der Waals surface area (Å²) in [5, 5.41) is 0. The van der Waals surface area contributed by atoms with Gasteiger partial charge in [0.2, 0.25) is 0 Å². The lowest BCUT2D eigenvalue weighted by Gasteiger charge is -2.33. The summed E-state index contributed by atoms with van der Waals surface area (Å²) >= 11 is 0. The summed E-state index contributed by atoms with van der Waals surface area (Å²) in [4.78, 5) is 26.1. The van der Waals surface area contributed by atoms with Crippen molar-refractivity contribution in [2.75, 3.05) is 33.2 Å². The minimum Gasteiger partial charge on any atom is -0.431 e. The van der Waals surface area contributed by atoms with Gasteiger partial charge in [-0.1, -0.05) is 18.2 Å². The summed E-state index contributed by atoms with van der Waals surface area (Å²) in [6.45, 7) is 3.11. The van der Waals surface area contributed by atoms with Crippen LogP contribution in [0.5, 0.6) is 23.3 Å². The lowest BCUT2D eigenvalue weighted by molar-refractivity contribution is 0.0660. The molecule has 0 saturated carbocycles. The molecule has 136 valence electrons. The fraction of sp³-hybridized carbons (Fsp3) is 0.250. The van der Waals surface area contributed by atoms with Gasteiger partial charge in [-0.25, -0.2) is 9.97 Å². The van der Waals surface area contributed by atoms with Crippen LogP contribution in [0.15, 0.2) is 42.5 Å². The Hall–Kier alpha value is -3.19. The lowest BCUT2D eigenvalue weighted by atomic mass is 10.1. The van der Waals surface area contributed by atoms with Gasteiger partial charge < -0.3 is 19.3 Å². The molecule has 3 heterocycles. The number of carbonyl (C=O) groups is 1. The SMILES string of the molecule is CN1CCN(C(=O)c2cccc3c2Oc2nc4ccccc4nc2O3)CC1. The number of piperazine rings is 1. The molecule has 0 bridgehead atoms. The lowest BCUT2D eigenvalue weighted by Crippen LogP contribution is -2.47. The van der Waals surface area contributed by atoms with E-state index in [4.69, 9.17) is 9.47 Å². The third-order valence-corrected chi connectivity index (χ3v) is 4.91. The van der Waals surface area contributed by atoms with Crippen molar-refractivity contribution in [2.24, 2.45) is 0 Å². The van der Waals surface area contributed by atoms with E-state index in [0.717, 1.165) is 18.6 Å². The molecule has 1 amide bonds. The van der Waals surface area contributed by atoms with Crippen molar-refractivity contribution in [3.8, 4) is 23.3 Å². The Balaban J connectivity index is 1.51. The second-order valence-electron chi connectivity index (χ2n) is 6.76. The van der Waals surface area contributed by atoms with E-state index in [1.165, 1.54) is 0 Å². The first kappa shape index (κ1) is 16.0. The molecule has 1 fully saturated rings. The zero-order valence-corrected chi connectivity index (χ0v) is 14.9. The number of carbonyl (C=O) groups excluding carboxylic acids is 1. The van der Waals surface area contributed by atoms with Gasteiger partial charge in [-0.2, -0.15) is 0 Å². The average molecular weight is 362 g/mol. The number of rotatable bonds is 1. The van der Waals surface area contributed by atoms with E-state index in [9.17, 15) is 4.79 Å². The van der Waals surface area contributed by atoms with Crippen LogP contribution < -0.4 is 9.47 Å².